The molecule has 3 atom stereocenters. The van der Waals surface area contributed by atoms with Gasteiger partial charge in [-0.25, -0.2) is 0 Å². The Labute approximate surface area is 128 Å². The Morgan fingerprint density at radius 2 is 2.10 bits per heavy atom. The van der Waals surface area contributed by atoms with Crippen molar-refractivity contribution < 1.29 is 0 Å². The van der Waals surface area contributed by atoms with Gasteiger partial charge in [0.1, 0.15) is 0 Å². The van der Waals surface area contributed by atoms with Gasteiger partial charge in [0.05, 0.1) is 0 Å². The maximum atomic E-state index is 6.10. The van der Waals surface area contributed by atoms with E-state index in [-0.39, 0.29) is 0 Å². The SMILES string of the molecule is CNC1CCCCC1CN(C)C(C)c1cccc(Cl)c1. The van der Waals surface area contributed by atoms with Crippen LogP contribution in [0.3, 0.4) is 0 Å². The lowest BCUT2D eigenvalue weighted by molar-refractivity contribution is 0.165. The van der Waals surface area contributed by atoms with E-state index >= 15 is 0 Å². The number of rotatable bonds is 5. The van der Waals surface area contributed by atoms with Gasteiger partial charge in [0, 0.05) is 23.7 Å². The lowest BCUT2D eigenvalue weighted by Gasteiger charge is -2.36. The summed E-state index contributed by atoms with van der Waals surface area (Å²) in [5.74, 6) is 0.764. The maximum absolute atomic E-state index is 6.10. The molecule has 0 aromatic heterocycles. The van der Waals surface area contributed by atoms with Crippen LogP contribution in [-0.4, -0.2) is 31.6 Å². The van der Waals surface area contributed by atoms with Crippen molar-refractivity contribution in [2.45, 2.75) is 44.7 Å². The molecule has 0 heterocycles. The molecule has 0 saturated heterocycles. The van der Waals surface area contributed by atoms with Crippen molar-refractivity contribution in [3.8, 4) is 0 Å². The highest BCUT2D eigenvalue weighted by atomic mass is 35.5. The minimum Gasteiger partial charge on any atom is -0.317 e. The van der Waals surface area contributed by atoms with Gasteiger partial charge in [-0.3, -0.25) is 4.90 Å². The molecule has 2 rings (SSSR count). The lowest BCUT2D eigenvalue weighted by Crippen LogP contribution is -2.42. The van der Waals surface area contributed by atoms with E-state index in [2.05, 4.69) is 43.4 Å². The Morgan fingerprint density at radius 1 is 1.35 bits per heavy atom. The summed E-state index contributed by atoms with van der Waals surface area (Å²) in [6, 6.07) is 9.32. The van der Waals surface area contributed by atoms with Gasteiger partial charge in [-0.2, -0.15) is 0 Å². The fourth-order valence-electron chi connectivity index (χ4n) is 3.36. The van der Waals surface area contributed by atoms with Crippen LogP contribution in [0.5, 0.6) is 0 Å². The third-order valence-corrected chi connectivity index (χ3v) is 5.03. The maximum Gasteiger partial charge on any atom is 0.0409 e. The van der Waals surface area contributed by atoms with Crippen molar-refractivity contribution in [1.82, 2.24) is 10.2 Å². The Morgan fingerprint density at radius 3 is 2.80 bits per heavy atom. The molecule has 1 aliphatic carbocycles. The van der Waals surface area contributed by atoms with Gasteiger partial charge in [0.15, 0.2) is 0 Å². The molecule has 20 heavy (non-hydrogen) atoms. The second-order valence-corrected chi connectivity index (χ2v) is 6.55. The largest absolute Gasteiger partial charge is 0.317 e. The number of halogens is 1. The summed E-state index contributed by atoms with van der Waals surface area (Å²) in [5.41, 5.74) is 1.30. The molecule has 0 spiro atoms. The van der Waals surface area contributed by atoms with Crippen LogP contribution in [0.2, 0.25) is 5.02 Å². The summed E-state index contributed by atoms with van der Waals surface area (Å²) in [4.78, 5) is 2.46. The van der Waals surface area contributed by atoms with Crippen LogP contribution in [-0.2, 0) is 0 Å². The molecule has 0 bridgehead atoms. The van der Waals surface area contributed by atoms with E-state index in [4.69, 9.17) is 11.6 Å². The zero-order chi connectivity index (χ0) is 14.5. The van der Waals surface area contributed by atoms with Crippen LogP contribution in [0.1, 0.15) is 44.2 Å². The smallest absolute Gasteiger partial charge is 0.0409 e. The first kappa shape index (κ1) is 15.8. The van der Waals surface area contributed by atoms with Crippen molar-refractivity contribution in [2.24, 2.45) is 5.92 Å². The molecule has 1 aromatic carbocycles. The standard InChI is InChI=1S/C17H27ClN2/c1-13(14-8-6-9-16(18)11-14)20(3)12-15-7-4-5-10-17(15)19-2/h6,8-9,11,13,15,17,19H,4-5,7,10,12H2,1-3H3. The second-order valence-electron chi connectivity index (χ2n) is 6.11. The van der Waals surface area contributed by atoms with Crippen LogP contribution in [0.25, 0.3) is 0 Å². The lowest BCUT2D eigenvalue weighted by atomic mass is 9.84. The minimum absolute atomic E-state index is 0.410. The molecule has 1 aliphatic rings. The molecule has 1 fully saturated rings. The number of nitrogens with one attached hydrogen (secondary N) is 1. The van der Waals surface area contributed by atoms with Gasteiger partial charge in [0.25, 0.3) is 0 Å². The summed E-state index contributed by atoms with van der Waals surface area (Å²) in [5, 5.41) is 4.33. The highest BCUT2D eigenvalue weighted by molar-refractivity contribution is 6.30. The third-order valence-electron chi connectivity index (χ3n) is 4.79. The molecule has 1 saturated carbocycles. The Hall–Kier alpha value is -0.570. The average molecular weight is 295 g/mol. The normalized spacial score (nSPS) is 24.9. The van der Waals surface area contributed by atoms with E-state index in [0.717, 1.165) is 17.5 Å². The highest BCUT2D eigenvalue weighted by Gasteiger charge is 2.26. The molecule has 0 amide bonds. The first-order chi connectivity index (χ1) is 9.61. The summed E-state index contributed by atoms with van der Waals surface area (Å²) < 4.78 is 0. The molecule has 0 aliphatic heterocycles. The quantitative estimate of drug-likeness (QED) is 0.879. The summed E-state index contributed by atoms with van der Waals surface area (Å²) in [7, 11) is 4.33. The van der Waals surface area contributed by atoms with Crippen LogP contribution >= 0.6 is 11.6 Å². The number of nitrogens with zero attached hydrogens (tertiary/aromatic N) is 1. The zero-order valence-electron chi connectivity index (χ0n) is 12.9. The van der Waals surface area contributed by atoms with E-state index < -0.39 is 0 Å². The molecular formula is C17H27ClN2. The number of hydrogen-bond acceptors (Lipinski definition) is 2. The Bertz CT molecular complexity index is 421. The van der Waals surface area contributed by atoms with Crippen LogP contribution in [0.4, 0.5) is 0 Å². The average Bonchev–Trinajstić information content (AvgIpc) is 2.47. The van der Waals surface area contributed by atoms with Gasteiger partial charge in [-0.05, 0) is 57.5 Å². The van der Waals surface area contributed by atoms with E-state index in [1.165, 1.54) is 31.2 Å². The van der Waals surface area contributed by atoms with E-state index in [1.807, 2.05) is 12.1 Å². The second kappa shape index (κ2) is 7.44. The predicted octanol–water partition coefficient (Wildman–Crippen LogP) is 4.11. The van der Waals surface area contributed by atoms with Gasteiger partial charge in [-0.1, -0.05) is 36.6 Å². The molecule has 3 unspecified atom stereocenters. The first-order valence-electron chi connectivity index (χ1n) is 7.74. The predicted molar refractivity (Wildman–Crippen MR) is 87.3 cm³/mol. The fourth-order valence-corrected chi connectivity index (χ4v) is 3.55. The van der Waals surface area contributed by atoms with Gasteiger partial charge < -0.3 is 5.32 Å². The minimum atomic E-state index is 0.410. The van der Waals surface area contributed by atoms with Crippen LogP contribution in [0, 0.1) is 5.92 Å². The van der Waals surface area contributed by atoms with E-state index in [1.54, 1.807) is 0 Å². The molecule has 2 nitrogen and oxygen atoms in total. The van der Waals surface area contributed by atoms with Gasteiger partial charge in [-0.15, -0.1) is 0 Å². The van der Waals surface area contributed by atoms with Crippen molar-refractivity contribution in [3.63, 3.8) is 0 Å². The van der Waals surface area contributed by atoms with E-state index in [9.17, 15) is 0 Å². The van der Waals surface area contributed by atoms with E-state index in [0.29, 0.717) is 12.1 Å². The monoisotopic (exact) mass is 294 g/mol. The first-order valence-corrected chi connectivity index (χ1v) is 8.12. The zero-order valence-corrected chi connectivity index (χ0v) is 13.7. The fraction of sp³-hybridized carbons (Fsp3) is 0.647. The van der Waals surface area contributed by atoms with Gasteiger partial charge in [0.2, 0.25) is 0 Å². The summed E-state index contributed by atoms with van der Waals surface area (Å²) >= 11 is 6.10. The third kappa shape index (κ3) is 3.97. The number of benzene rings is 1. The van der Waals surface area contributed by atoms with Crippen molar-refractivity contribution >= 4 is 11.6 Å². The van der Waals surface area contributed by atoms with Crippen molar-refractivity contribution in [2.75, 3.05) is 20.6 Å². The Kier molecular flexibility index (Phi) is 5.88. The molecular weight excluding hydrogens is 268 g/mol. The molecule has 1 aromatic rings. The van der Waals surface area contributed by atoms with Crippen molar-refractivity contribution in [1.29, 1.82) is 0 Å². The Balaban J connectivity index is 1.98. The molecule has 0 radical (unpaired) electrons. The van der Waals surface area contributed by atoms with Crippen LogP contribution in [0.15, 0.2) is 24.3 Å². The summed E-state index contributed by atoms with van der Waals surface area (Å²) in [6.07, 6.45) is 5.41. The topological polar surface area (TPSA) is 15.3 Å². The highest BCUT2D eigenvalue weighted by Crippen LogP contribution is 2.28. The molecule has 1 N–H and O–H groups in total. The van der Waals surface area contributed by atoms with Crippen LogP contribution < -0.4 is 5.32 Å². The molecule has 3 heteroatoms. The number of hydrogen-bond donors (Lipinski definition) is 1. The van der Waals surface area contributed by atoms with Gasteiger partial charge >= 0.3 is 0 Å². The summed E-state index contributed by atoms with van der Waals surface area (Å²) in [6.45, 7) is 3.42. The molecule has 112 valence electrons. The van der Waals surface area contributed by atoms with Crippen molar-refractivity contribution in [3.05, 3.63) is 34.9 Å².